The zero-order valence-corrected chi connectivity index (χ0v) is 42.1. The van der Waals surface area contributed by atoms with Gasteiger partial charge in [0.1, 0.15) is 35.9 Å². The van der Waals surface area contributed by atoms with Crippen LogP contribution in [-0.2, 0) is 64.0 Å². The molecule has 0 unspecified atom stereocenters. The number of fused-ring (bicyclic) bond motifs is 3. The summed E-state index contributed by atoms with van der Waals surface area (Å²) in [5.41, 5.74) is 9.35. The molecule has 0 saturated carbocycles. The van der Waals surface area contributed by atoms with Gasteiger partial charge in [0.05, 0.1) is 56.2 Å². The first-order valence-electron chi connectivity index (χ1n) is 25.0. The minimum atomic E-state index is -0.645. The lowest BCUT2D eigenvalue weighted by Gasteiger charge is -2.34. The maximum absolute atomic E-state index is 13.3. The van der Waals surface area contributed by atoms with E-state index in [1.807, 2.05) is 19.9 Å². The molecule has 2 bridgehead atoms. The number of nitrogens with one attached hydrogen (secondary N) is 3. The normalized spacial score (nSPS) is 20.1. The molecule has 5 N–H and O–H groups in total. The topological polar surface area (TPSA) is 281 Å². The third-order valence-corrected chi connectivity index (χ3v) is 12.3. The summed E-state index contributed by atoms with van der Waals surface area (Å²) in [5, 5.41) is 17.3. The van der Waals surface area contributed by atoms with Crippen LogP contribution in [0.4, 0.5) is 15.3 Å². The van der Waals surface area contributed by atoms with E-state index in [9.17, 15) is 28.8 Å². The number of aromatic nitrogens is 4. The van der Waals surface area contributed by atoms with Crippen molar-refractivity contribution in [3.05, 3.63) is 99.4 Å². The van der Waals surface area contributed by atoms with Gasteiger partial charge in [0.2, 0.25) is 11.8 Å². The van der Waals surface area contributed by atoms with Gasteiger partial charge in [-0.3, -0.25) is 14.3 Å². The van der Waals surface area contributed by atoms with Crippen molar-refractivity contribution >= 4 is 52.8 Å². The van der Waals surface area contributed by atoms with E-state index in [0.717, 1.165) is 43.1 Å². The molecule has 0 radical (unpaired) electrons. The number of hydrogen-bond acceptors (Lipinski definition) is 17. The number of carbonyl (C=O) groups excluding carboxylic acids is 5. The number of nitrogen functional groups attached to an aromatic ring is 1. The molecule has 6 rings (SSSR count). The van der Waals surface area contributed by atoms with E-state index in [-0.39, 0.29) is 31.8 Å². The number of anilines is 1. The van der Waals surface area contributed by atoms with Crippen molar-refractivity contribution in [2.75, 3.05) is 25.9 Å². The summed E-state index contributed by atoms with van der Waals surface area (Å²) in [6.45, 7) is 7.18. The molecule has 1 fully saturated rings. The molecule has 5 heterocycles. The van der Waals surface area contributed by atoms with Crippen LogP contribution in [0, 0.1) is 6.92 Å². The summed E-state index contributed by atoms with van der Waals surface area (Å²) in [4.78, 5) is 80.2. The average Bonchev–Trinajstić information content (AvgIpc) is 4.00. The quantitative estimate of drug-likeness (QED) is 0.0122. The van der Waals surface area contributed by atoms with Crippen molar-refractivity contribution < 1.29 is 56.5 Å². The van der Waals surface area contributed by atoms with Gasteiger partial charge >= 0.3 is 29.8 Å². The smallest absolute Gasteiger partial charge is 0.407 e. The van der Waals surface area contributed by atoms with Gasteiger partial charge in [-0.2, -0.15) is 0 Å². The number of benzene rings is 1. The molecular weight excluding hydrogens is 945 g/mol. The number of rotatable bonds is 22. The van der Waals surface area contributed by atoms with E-state index in [1.165, 1.54) is 19.4 Å². The number of nitrogens with zero attached hydrogens (tertiary/aromatic N) is 4. The number of methoxy groups -OCH3 is 1. The predicted octanol–water partition coefficient (Wildman–Crippen LogP) is 6.64. The van der Waals surface area contributed by atoms with Crippen molar-refractivity contribution in [2.24, 2.45) is 0 Å². The molecule has 5 atom stereocenters. The number of aryl methyl sites for hydroxylation is 3. The van der Waals surface area contributed by atoms with E-state index in [4.69, 9.17) is 33.5 Å². The maximum atomic E-state index is 13.3. The van der Waals surface area contributed by atoms with Gasteiger partial charge < -0.3 is 54.2 Å². The van der Waals surface area contributed by atoms with Crippen molar-refractivity contribution in [1.29, 1.82) is 0 Å². The Morgan fingerprint density at radius 1 is 0.945 bits per heavy atom. The van der Waals surface area contributed by atoms with Gasteiger partial charge in [-0.05, 0) is 69.7 Å². The number of esters is 2. The van der Waals surface area contributed by atoms with Crippen LogP contribution in [-0.4, -0.2) is 101 Å². The van der Waals surface area contributed by atoms with E-state index < -0.39 is 60.3 Å². The highest BCUT2D eigenvalue weighted by molar-refractivity contribution is 5.86. The van der Waals surface area contributed by atoms with Crippen LogP contribution in [0.1, 0.15) is 119 Å². The molecule has 1 saturated heterocycles. The summed E-state index contributed by atoms with van der Waals surface area (Å²) in [6, 6.07) is 5.11. The predicted molar refractivity (Wildman–Crippen MR) is 268 cm³/mol. The number of cyclic esters (lactones) is 1. The average molecular weight is 1010 g/mol. The van der Waals surface area contributed by atoms with E-state index >= 15 is 0 Å². The molecule has 1 aromatic carbocycles. The van der Waals surface area contributed by atoms with Crippen molar-refractivity contribution in [3.8, 4) is 0 Å². The molecule has 0 aliphatic carbocycles. The van der Waals surface area contributed by atoms with Crippen LogP contribution >= 0.6 is 0 Å². The number of ether oxygens (including phenoxy) is 5. The van der Waals surface area contributed by atoms with Crippen molar-refractivity contribution in [3.63, 3.8) is 0 Å². The summed E-state index contributed by atoms with van der Waals surface area (Å²) in [7, 11) is 1.29. The van der Waals surface area contributed by atoms with E-state index in [1.54, 1.807) is 54.2 Å². The minimum absolute atomic E-state index is 0.0230. The fourth-order valence-electron chi connectivity index (χ4n) is 8.72. The standard InChI is InChI=1S/C52H68N8O13/c1-5-13-38-25-40(72-52(66)56-30-37-31-60(59-58-37)21-11-7-6-10-19-54-46(61)29-44-34(3)43-18-17-35(53)24-45(43)73-50(44)64)23-33(2)22-39-26-41(27-42(69-39)28-49(63)70-38)71-48(62)16-9-8-14-36-32-68-47(57-36)15-12-20-55-51(65)67-4/h9,12,15-18,22,24,31-32,38-42H,5-8,10-11,13-14,19-21,23,25-30,53H2,1-4H3,(H,54,61)(H,55,65)(H,56,66)/b15-12+,16-9+,33-22-/t38-,39+,40-,41+,42+/m0/s1. The molecule has 2 aliphatic heterocycles. The van der Waals surface area contributed by atoms with Crippen molar-refractivity contribution in [2.45, 2.75) is 154 Å². The first-order chi connectivity index (χ1) is 35.2. The lowest BCUT2D eigenvalue weighted by atomic mass is 9.95. The number of alkyl carbamates (subject to hydrolysis) is 2. The van der Waals surface area contributed by atoms with E-state index in [2.05, 4.69) is 36.0 Å². The highest BCUT2D eigenvalue weighted by atomic mass is 16.6. The Hall–Kier alpha value is -7.29. The van der Waals surface area contributed by atoms with E-state index in [0.29, 0.717) is 97.7 Å². The molecule has 73 heavy (non-hydrogen) atoms. The van der Waals surface area contributed by atoms with Gasteiger partial charge in [0.25, 0.3) is 0 Å². The third-order valence-electron chi connectivity index (χ3n) is 12.3. The molecule has 4 aromatic rings. The maximum Gasteiger partial charge on any atom is 0.407 e. The third kappa shape index (κ3) is 18.4. The first kappa shape index (κ1) is 55.0. The molecule has 3 amide bonds. The number of allylic oxidation sites excluding steroid dienone is 1. The highest BCUT2D eigenvalue weighted by Crippen LogP contribution is 2.29. The van der Waals surface area contributed by atoms with Crippen LogP contribution in [0.2, 0.25) is 0 Å². The van der Waals surface area contributed by atoms with Crippen molar-refractivity contribution in [1.82, 2.24) is 35.9 Å². The molecule has 394 valence electrons. The summed E-state index contributed by atoms with van der Waals surface area (Å²) < 4.78 is 41.1. The lowest BCUT2D eigenvalue weighted by molar-refractivity contribution is -0.162. The second-order valence-corrected chi connectivity index (χ2v) is 18.3. The molecule has 2 aliphatic rings. The zero-order valence-electron chi connectivity index (χ0n) is 42.1. The fraction of sp³-hybridized carbons (Fsp3) is 0.519. The van der Waals surface area contributed by atoms with Crippen LogP contribution < -0.4 is 27.3 Å². The van der Waals surface area contributed by atoms with Gasteiger partial charge in [0, 0.05) is 68.5 Å². The van der Waals surface area contributed by atoms with Gasteiger partial charge in [0.15, 0.2) is 0 Å². The highest BCUT2D eigenvalue weighted by Gasteiger charge is 2.34. The number of unbranched alkanes of at least 4 members (excludes halogenated alkanes) is 3. The Morgan fingerprint density at radius 3 is 2.60 bits per heavy atom. The van der Waals surface area contributed by atoms with Crippen LogP contribution in [0.3, 0.4) is 0 Å². The number of amides is 3. The number of carbonyl (C=O) groups is 5. The van der Waals surface area contributed by atoms with Gasteiger partial charge in [-0.15, -0.1) is 5.10 Å². The second-order valence-electron chi connectivity index (χ2n) is 18.3. The molecular formula is C52H68N8O13. The Kier molecular flexibility index (Phi) is 21.2. The minimum Gasteiger partial charge on any atom is -0.462 e. The largest absolute Gasteiger partial charge is 0.462 e. The summed E-state index contributed by atoms with van der Waals surface area (Å²) in [6.07, 6.45) is 14.9. The monoisotopic (exact) mass is 1010 g/mol. The summed E-state index contributed by atoms with van der Waals surface area (Å²) in [5.74, 6) is -0.814. The Morgan fingerprint density at radius 2 is 1.78 bits per heavy atom. The van der Waals surface area contributed by atoms with Gasteiger partial charge in [-0.25, -0.2) is 24.2 Å². The SMILES string of the molecule is CCC[C@H]1C[C@@H](OC(=O)NCc2cn(CCCCCCNC(=O)Cc3c(C)c4ccc(N)cc4oc3=O)nn2)C/C(C)=C\[C@@H]2C[C@@H](OC(=O)/C=C/CCc3coc(/C=C/CNC(=O)OC)n3)C[C@H](CC(=O)O1)O2. The number of hydrogen-bond donors (Lipinski definition) is 4. The van der Waals surface area contributed by atoms with Crippen LogP contribution in [0.5, 0.6) is 0 Å². The molecule has 21 nitrogen and oxygen atoms in total. The Labute approximate surface area is 423 Å². The van der Waals surface area contributed by atoms with Gasteiger partial charge in [-0.1, -0.05) is 55.2 Å². The van der Waals surface area contributed by atoms with Crippen LogP contribution in [0.25, 0.3) is 17.0 Å². The first-order valence-corrected chi connectivity index (χ1v) is 25.0. The summed E-state index contributed by atoms with van der Waals surface area (Å²) >= 11 is 0. The Bertz CT molecular complexity index is 2650. The fourth-order valence-corrected chi connectivity index (χ4v) is 8.72. The Balaban J connectivity index is 0.908. The number of oxazole rings is 1. The zero-order chi connectivity index (χ0) is 52.1. The molecule has 0 spiro atoms. The second kappa shape index (κ2) is 28.1. The van der Waals surface area contributed by atoms with Crippen LogP contribution in [0.15, 0.2) is 74.2 Å². The lowest BCUT2D eigenvalue weighted by Crippen LogP contribution is -2.39. The molecule has 21 heteroatoms. The molecule has 3 aromatic heterocycles. The number of nitrogens with two attached hydrogens (primary N) is 1.